The molecule has 1 aromatic heterocycles. The van der Waals surface area contributed by atoms with Gasteiger partial charge in [-0.25, -0.2) is 4.98 Å². The summed E-state index contributed by atoms with van der Waals surface area (Å²) in [7, 11) is 0. The van der Waals surface area contributed by atoms with E-state index < -0.39 is 0 Å². The molecular formula is C15H19N3. The molecule has 0 aliphatic heterocycles. The van der Waals surface area contributed by atoms with Crippen LogP contribution in [0.4, 0.5) is 11.6 Å². The zero-order valence-corrected chi connectivity index (χ0v) is 10.9. The fourth-order valence-electron chi connectivity index (χ4n) is 1.82. The molecule has 1 aromatic carbocycles. The van der Waals surface area contributed by atoms with Gasteiger partial charge in [0.05, 0.1) is 0 Å². The van der Waals surface area contributed by atoms with Gasteiger partial charge in [0.1, 0.15) is 0 Å². The third kappa shape index (κ3) is 2.80. The molecule has 0 bridgehead atoms. The Morgan fingerprint density at radius 1 is 1.44 bits per heavy atom. The van der Waals surface area contributed by atoms with Crippen LogP contribution < -0.4 is 5.32 Å². The quantitative estimate of drug-likeness (QED) is 0.804. The number of aromatic nitrogens is 2. The lowest BCUT2D eigenvalue weighted by Crippen LogP contribution is -2.02. The van der Waals surface area contributed by atoms with Crippen LogP contribution in [0, 0.1) is 0 Å². The van der Waals surface area contributed by atoms with Crippen molar-refractivity contribution in [3.63, 3.8) is 0 Å². The number of allylic oxidation sites excluding steroid dienone is 1. The maximum Gasteiger partial charge on any atom is 0.207 e. The number of benzene rings is 1. The van der Waals surface area contributed by atoms with E-state index >= 15 is 0 Å². The highest BCUT2D eigenvalue weighted by Gasteiger charge is 2.04. The lowest BCUT2D eigenvalue weighted by molar-refractivity contribution is 0.832. The molecule has 0 aliphatic carbocycles. The maximum absolute atomic E-state index is 4.31. The van der Waals surface area contributed by atoms with Gasteiger partial charge in [0, 0.05) is 24.6 Å². The van der Waals surface area contributed by atoms with Crippen molar-refractivity contribution in [3.05, 3.63) is 54.9 Å². The molecule has 0 amide bonds. The topological polar surface area (TPSA) is 29.9 Å². The summed E-state index contributed by atoms with van der Waals surface area (Å²) in [6.45, 7) is 8.89. The summed E-state index contributed by atoms with van der Waals surface area (Å²) in [5.41, 5.74) is 2.39. The van der Waals surface area contributed by atoms with E-state index in [2.05, 4.69) is 55.0 Å². The van der Waals surface area contributed by atoms with E-state index in [1.165, 1.54) is 5.56 Å². The monoisotopic (exact) mass is 241 g/mol. The summed E-state index contributed by atoms with van der Waals surface area (Å²) in [5.74, 6) is 1.37. The second kappa shape index (κ2) is 5.54. The van der Waals surface area contributed by atoms with E-state index in [0.29, 0.717) is 5.92 Å². The second-order valence-electron chi connectivity index (χ2n) is 4.60. The van der Waals surface area contributed by atoms with Crippen molar-refractivity contribution in [2.75, 3.05) is 5.32 Å². The second-order valence-corrected chi connectivity index (χ2v) is 4.60. The third-order valence-corrected chi connectivity index (χ3v) is 2.85. The van der Waals surface area contributed by atoms with Gasteiger partial charge in [-0.1, -0.05) is 32.1 Å². The predicted molar refractivity (Wildman–Crippen MR) is 76.2 cm³/mol. The number of hydrogen-bond acceptors (Lipinski definition) is 2. The van der Waals surface area contributed by atoms with Crippen LogP contribution in [0.2, 0.25) is 0 Å². The fraction of sp³-hybridized carbons (Fsp3) is 0.267. The molecule has 2 rings (SSSR count). The van der Waals surface area contributed by atoms with Gasteiger partial charge >= 0.3 is 0 Å². The number of hydrogen-bond donors (Lipinski definition) is 1. The van der Waals surface area contributed by atoms with Crippen molar-refractivity contribution >= 4 is 11.6 Å². The summed E-state index contributed by atoms with van der Waals surface area (Å²) >= 11 is 0. The molecule has 1 heterocycles. The zero-order valence-electron chi connectivity index (χ0n) is 10.9. The smallest absolute Gasteiger partial charge is 0.207 e. The Bertz CT molecular complexity index is 526. The van der Waals surface area contributed by atoms with Gasteiger partial charge in [-0.2, -0.15) is 0 Å². The molecule has 94 valence electrons. The summed E-state index contributed by atoms with van der Waals surface area (Å²) in [6.07, 6.45) is 5.59. The van der Waals surface area contributed by atoms with E-state index in [9.17, 15) is 0 Å². The number of imidazole rings is 1. The molecular weight excluding hydrogens is 222 g/mol. The Labute approximate surface area is 108 Å². The van der Waals surface area contributed by atoms with Crippen molar-refractivity contribution in [2.24, 2.45) is 0 Å². The minimum absolute atomic E-state index is 0.527. The van der Waals surface area contributed by atoms with E-state index in [1.54, 1.807) is 6.20 Å². The number of rotatable bonds is 5. The first-order valence-electron chi connectivity index (χ1n) is 6.19. The first-order chi connectivity index (χ1) is 8.70. The lowest BCUT2D eigenvalue weighted by atomic mass is 10.0. The van der Waals surface area contributed by atoms with Gasteiger partial charge < -0.3 is 9.88 Å². The summed E-state index contributed by atoms with van der Waals surface area (Å²) in [5, 5.41) is 3.34. The van der Waals surface area contributed by atoms with Crippen LogP contribution in [0.15, 0.2) is 49.3 Å². The van der Waals surface area contributed by atoms with Crippen LogP contribution >= 0.6 is 0 Å². The fourth-order valence-corrected chi connectivity index (χ4v) is 1.82. The van der Waals surface area contributed by atoms with E-state index in [0.717, 1.165) is 18.2 Å². The summed E-state index contributed by atoms with van der Waals surface area (Å²) < 4.78 is 2.02. The molecule has 1 N–H and O–H groups in total. The molecule has 0 aliphatic rings. The first-order valence-corrected chi connectivity index (χ1v) is 6.19. The largest absolute Gasteiger partial charge is 0.326 e. The van der Waals surface area contributed by atoms with Gasteiger partial charge in [0.2, 0.25) is 5.95 Å². The van der Waals surface area contributed by atoms with Gasteiger partial charge in [-0.15, -0.1) is 6.58 Å². The van der Waals surface area contributed by atoms with Crippen LogP contribution in [-0.4, -0.2) is 9.55 Å². The van der Waals surface area contributed by atoms with Crippen LogP contribution in [0.5, 0.6) is 0 Å². The average Bonchev–Trinajstić information content (AvgIpc) is 2.77. The summed E-state index contributed by atoms with van der Waals surface area (Å²) in [4.78, 5) is 4.31. The van der Waals surface area contributed by atoms with Crippen LogP contribution in [-0.2, 0) is 6.54 Å². The molecule has 0 unspecified atom stereocenters. The van der Waals surface area contributed by atoms with Gasteiger partial charge in [-0.3, -0.25) is 0 Å². The first kappa shape index (κ1) is 12.4. The molecule has 2 aromatic rings. The Morgan fingerprint density at radius 3 is 3.00 bits per heavy atom. The van der Waals surface area contributed by atoms with Crippen molar-refractivity contribution < 1.29 is 0 Å². The molecule has 18 heavy (non-hydrogen) atoms. The molecule has 0 atom stereocenters. The van der Waals surface area contributed by atoms with Crippen LogP contribution in [0.3, 0.4) is 0 Å². The predicted octanol–water partition coefficient (Wildman–Crippen LogP) is 3.94. The number of anilines is 2. The highest BCUT2D eigenvalue weighted by molar-refractivity contribution is 5.55. The zero-order chi connectivity index (χ0) is 13.0. The summed E-state index contributed by atoms with van der Waals surface area (Å²) in [6, 6.07) is 8.43. The van der Waals surface area contributed by atoms with Crippen LogP contribution in [0.25, 0.3) is 0 Å². The molecule has 3 nitrogen and oxygen atoms in total. The van der Waals surface area contributed by atoms with Crippen molar-refractivity contribution in [2.45, 2.75) is 26.3 Å². The van der Waals surface area contributed by atoms with Crippen molar-refractivity contribution in [3.8, 4) is 0 Å². The third-order valence-electron chi connectivity index (χ3n) is 2.85. The average molecular weight is 241 g/mol. The van der Waals surface area contributed by atoms with Crippen LogP contribution in [0.1, 0.15) is 25.3 Å². The maximum atomic E-state index is 4.31. The Kier molecular flexibility index (Phi) is 3.82. The Balaban J connectivity index is 2.20. The minimum Gasteiger partial charge on any atom is -0.326 e. The van der Waals surface area contributed by atoms with Gasteiger partial charge in [-0.05, 0) is 23.6 Å². The van der Waals surface area contributed by atoms with Crippen molar-refractivity contribution in [1.82, 2.24) is 9.55 Å². The molecule has 0 radical (unpaired) electrons. The SMILES string of the molecule is C=CCn1ccnc1Nc1cccc(C(C)C)c1. The number of nitrogens with one attached hydrogen (secondary N) is 1. The molecule has 0 fully saturated rings. The highest BCUT2D eigenvalue weighted by atomic mass is 15.2. The highest BCUT2D eigenvalue weighted by Crippen LogP contribution is 2.21. The van der Waals surface area contributed by atoms with E-state index in [-0.39, 0.29) is 0 Å². The molecule has 0 saturated heterocycles. The standard InChI is InChI=1S/C15H19N3/c1-4-9-18-10-8-16-15(18)17-14-7-5-6-13(11-14)12(2)3/h4-8,10-12H,1,9H2,2-3H3,(H,16,17). The van der Waals surface area contributed by atoms with E-state index in [4.69, 9.17) is 0 Å². The Morgan fingerprint density at radius 2 is 2.28 bits per heavy atom. The normalized spacial score (nSPS) is 10.6. The Hall–Kier alpha value is -2.03. The molecule has 0 saturated carbocycles. The lowest BCUT2D eigenvalue weighted by Gasteiger charge is -2.11. The van der Waals surface area contributed by atoms with Gasteiger partial charge in [0.25, 0.3) is 0 Å². The molecule has 3 heteroatoms. The van der Waals surface area contributed by atoms with Gasteiger partial charge in [0.15, 0.2) is 0 Å². The van der Waals surface area contributed by atoms with Crippen molar-refractivity contribution in [1.29, 1.82) is 0 Å². The minimum atomic E-state index is 0.527. The number of nitrogens with zero attached hydrogens (tertiary/aromatic N) is 2. The van der Waals surface area contributed by atoms with E-state index in [1.807, 2.05) is 16.8 Å². The molecule has 0 spiro atoms.